The van der Waals surface area contributed by atoms with Crippen molar-refractivity contribution in [2.45, 2.75) is 6.04 Å². The summed E-state index contributed by atoms with van der Waals surface area (Å²) in [5.41, 5.74) is 2.05. The van der Waals surface area contributed by atoms with Crippen LogP contribution in [0.2, 0.25) is 0 Å². The summed E-state index contributed by atoms with van der Waals surface area (Å²) in [4.78, 5) is 5.25. The van der Waals surface area contributed by atoms with Gasteiger partial charge in [0.2, 0.25) is 0 Å². The van der Waals surface area contributed by atoms with Gasteiger partial charge in [-0.15, -0.1) is 13.2 Å². The van der Waals surface area contributed by atoms with E-state index in [1.54, 1.807) is 0 Å². The van der Waals surface area contributed by atoms with Crippen LogP contribution in [0.4, 0.5) is 0 Å². The van der Waals surface area contributed by atoms with Gasteiger partial charge in [0, 0.05) is 35.8 Å². The van der Waals surface area contributed by atoms with Crippen molar-refractivity contribution >= 4 is 10.9 Å². The molecule has 96 valence electrons. The topological polar surface area (TPSA) is 42.8 Å². The van der Waals surface area contributed by atoms with Gasteiger partial charge < -0.3 is 4.98 Å². The van der Waals surface area contributed by atoms with Crippen LogP contribution in [-0.4, -0.2) is 23.0 Å². The van der Waals surface area contributed by atoms with Gasteiger partial charge in [-0.05, 0) is 6.07 Å². The Labute approximate surface area is 113 Å². The van der Waals surface area contributed by atoms with Crippen LogP contribution in [-0.2, 0) is 0 Å². The third-order valence-corrected chi connectivity index (χ3v) is 3.13. The molecule has 1 aromatic heterocycles. The molecule has 3 nitrogen and oxygen atoms in total. The average molecular weight is 251 g/mol. The largest absolute Gasteiger partial charge is 0.361 e. The number of nitriles is 1. The minimum Gasteiger partial charge on any atom is -0.361 e. The Kier molecular flexibility index (Phi) is 4.17. The Morgan fingerprint density at radius 2 is 1.95 bits per heavy atom. The second kappa shape index (κ2) is 6.03. The first-order valence-corrected chi connectivity index (χ1v) is 6.23. The first-order valence-electron chi connectivity index (χ1n) is 6.23. The lowest BCUT2D eigenvalue weighted by atomic mass is 10.1. The molecular weight excluding hydrogens is 234 g/mol. The van der Waals surface area contributed by atoms with Gasteiger partial charge in [0.1, 0.15) is 6.04 Å². The minimum atomic E-state index is -0.299. The standard InChI is InChI=1S/C16H17N3/c1-3-9-19(10-4-2)16(11-17)14-12-18-15-8-6-5-7-13(14)15/h3-8,12,16,18H,1-2,9-10H2. The highest BCUT2D eigenvalue weighted by molar-refractivity contribution is 5.83. The normalized spacial score (nSPS) is 12.2. The molecular formula is C16H17N3. The van der Waals surface area contributed by atoms with Crippen LogP contribution in [0.3, 0.4) is 0 Å². The van der Waals surface area contributed by atoms with Crippen LogP contribution < -0.4 is 0 Å². The van der Waals surface area contributed by atoms with Gasteiger partial charge in [-0.2, -0.15) is 5.26 Å². The van der Waals surface area contributed by atoms with Crippen LogP contribution in [0.5, 0.6) is 0 Å². The number of H-pyrrole nitrogens is 1. The molecule has 0 aliphatic heterocycles. The van der Waals surface area contributed by atoms with Gasteiger partial charge in [-0.25, -0.2) is 0 Å². The number of nitrogens with one attached hydrogen (secondary N) is 1. The zero-order chi connectivity index (χ0) is 13.7. The Morgan fingerprint density at radius 3 is 2.58 bits per heavy atom. The SMILES string of the molecule is C=CCN(CC=C)C(C#N)c1c[nH]c2ccccc12. The summed E-state index contributed by atoms with van der Waals surface area (Å²) in [5.74, 6) is 0. The second-order valence-corrected chi connectivity index (χ2v) is 4.35. The second-order valence-electron chi connectivity index (χ2n) is 4.35. The van der Waals surface area contributed by atoms with Crippen molar-refractivity contribution in [1.29, 1.82) is 5.26 Å². The van der Waals surface area contributed by atoms with E-state index in [0.717, 1.165) is 16.5 Å². The lowest BCUT2D eigenvalue weighted by Gasteiger charge is -2.24. The van der Waals surface area contributed by atoms with Crippen LogP contribution in [0.15, 0.2) is 55.8 Å². The molecule has 1 N–H and O–H groups in total. The fourth-order valence-corrected chi connectivity index (χ4v) is 2.29. The predicted molar refractivity (Wildman–Crippen MR) is 78.6 cm³/mol. The molecule has 1 aromatic carbocycles. The van der Waals surface area contributed by atoms with E-state index in [0.29, 0.717) is 13.1 Å². The first kappa shape index (κ1) is 13.1. The highest BCUT2D eigenvalue weighted by atomic mass is 15.1. The van der Waals surface area contributed by atoms with Gasteiger partial charge >= 0.3 is 0 Å². The van der Waals surface area contributed by atoms with E-state index >= 15 is 0 Å². The first-order chi connectivity index (χ1) is 9.31. The van der Waals surface area contributed by atoms with Crippen LogP contribution in [0.25, 0.3) is 10.9 Å². The van der Waals surface area contributed by atoms with Crippen LogP contribution in [0, 0.1) is 11.3 Å². The van der Waals surface area contributed by atoms with Crippen molar-refractivity contribution in [1.82, 2.24) is 9.88 Å². The van der Waals surface area contributed by atoms with E-state index in [1.165, 1.54) is 0 Å². The fourth-order valence-electron chi connectivity index (χ4n) is 2.29. The van der Waals surface area contributed by atoms with Gasteiger partial charge in [0.05, 0.1) is 6.07 Å². The molecule has 1 atom stereocenters. The molecule has 2 aromatic rings. The Balaban J connectivity index is 2.43. The molecule has 0 amide bonds. The zero-order valence-electron chi connectivity index (χ0n) is 10.8. The van der Waals surface area contributed by atoms with E-state index in [9.17, 15) is 5.26 Å². The summed E-state index contributed by atoms with van der Waals surface area (Å²) in [5, 5.41) is 10.6. The van der Waals surface area contributed by atoms with Crippen molar-refractivity contribution in [2.75, 3.05) is 13.1 Å². The number of rotatable bonds is 6. The molecule has 0 saturated heterocycles. The monoisotopic (exact) mass is 251 g/mol. The maximum Gasteiger partial charge on any atom is 0.126 e. The van der Waals surface area contributed by atoms with Gasteiger partial charge in [-0.1, -0.05) is 30.4 Å². The summed E-state index contributed by atoms with van der Waals surface area (Å²) in [6.45, 7) is 8.81. The lowest BCUT2D eigenvalue weighted by molar-refractivity contribution is 0.292. The number of para-hydroxylation sites is 1. The maximum atomic E-state index is 9.51. The van der Waals surface area contributed by atoms with Gasteiger partial charge in [0.25, 0.3) is 0 Å². The van der Waals surface area contributed by atoms with Crippen molar-refractivity contribution in [3.8, 4) is 6.07 Å². The lowest BCUT2D eigenvalue weighted by Crippen LogP contribution is -2.28. The van der Waals surface area contributed by atoms with Gasteiger partial charge in [-0.3, -0.25) is 4.90 Å². The van der Waals surface area contributed by atoms with E-state index in [1.807, 2.05) is 47.5 Å². The third-order valence-electron chi connectivity index (χ3n) is 3.13. The number of hydrogen-bond donors (Lipinski definition) is 1. The number of hydrogen-bond acceptors (Lipinski definition) is 2. The zero-order valence-corrected chi connectivity index (χ0v) is 10.8. The summed E-state index contributed by atoms with van der Waals surface area (Å²) in [6.07, 6.45) is 5.53. The quantitative estimate of drug-likeness (QED) is 0.799. The smallest absolute Gasteiger partial charge is 0.126 e. The van der Waals surface area contributed by atoms with Crippen molar-refractivity contribution in [3.63, 3.8) is 0 Å². The molecule has 0 aliphatic rings. The highest BCUT2D eigenvalue weighted by Gasteiger charge is 2.20. The number of nitrogens with zero attached hydrogens (tertiary/aromatic N) is 2. The molecule has 0 saturated carbocycles. The molecule has 0 bridgehead atoms. The van der Waals surface area contributed by atoms with Crippen LogP contribution in [0.1, 0.15) is 11.6 Å². The Morgan fingerprint density at radius 1 is 1.26 bits per heavy atom. The Hall–Kier alpha value is -2.31. The van der Waals surface area contributed by atoms with Gasteiger partial charge in [0.15, 0.2) is 0 Å². The molecule has 3 heteroatoms. The minimum absolute atomic E-state index is 0.299. The molecule has 0 fully saturated rings. The molecule has 1 heterocycles. The number of aromatic nitrogens is 1. The van der Waals surface area contributed by atoms with E-state index in [2.05, 4.69) is 24.2 Å². The number of aromatic amines is 1. The fraction of sp³-hybridized carbons (Fsp3) is 0.188. The van der Waals surface area contributed by atoms with Crippen molar-refractivity contribution in [2.24, 2.45) is 0 Å². The van der Waals surface area contributed by atoms with Crippen molar-refractivity contribution < 1.29 is 0 Å². The summed E-state index contributed by atoms with van der Waals surface area (Å²) in [7, 11) is 0. The highest BCUT2D eigenvalue weighted by Crippen LogP contribution is 2.27. The van der Waals surface area contributed by atoms with Crippen LogP contribution >= 0.6 is 0 Å². The van der Waals surface area contributed by atoms with Crippen molar-refractivity contribution in [3.05, 3.63) is 61.3 Å². The molecule has 0 radical (unpaired) electrons. The average Bonchev–Trinajstić information content (AvgIpc) is 2.84. The predicted octanol–water partition coefficient (Wildman–Crippen LogP) is 3.41. The summed E-state index contributed by atoms with van der Waals surface area (Å²) >= 11 is 0. The maximum absolute atomic E-state index is 9.51. The van der Waals surface area contributed by atoms with E-state index in [-0.39, 0.29) is 6.04 Å². The summed E-state index contributed by atoms with van der Waals surface area (Å²) in [6, 6.07) is 10.1. The molecule has 2 rings (SSSR count). The molecule has 0 aliphatic carbocycles. The Bertz CT molecular complexity index is 608. The molecule has 19 heavy (non-hydrogen) atoms. The molecule has 1 unspecified atom stereocenters. The van der Waals surface area contributed by atoms with E-state index in [4.69, 9.17) is 0 Å². The summed E-state index contributed by atoms with van der Waals surface area (Å²) < 4.78 is 0. The third kappa shape index (κ3) is 2.59. The number of fused-ring (bicyclic) bond motifs is 1. The molecule has 0 spiro atoms. The number of benzene rings is 1. The van der Waals surface area contributed by atoms with E-state index < -0.39 is 0 Å².